The number of fused-ring (bicyclic) bond motifs is 1. The molecule has 1 aromatic heterocycles. The standard InChI is InChI=1S/C12H15N3O.ClH/c13-8-9-4-3-7-15(9)12-14-10-5-1-2-6-11(10)16-12;/h1-2,5-6,9H,3-4,7-8,13H2;1H. The second kappa shape index (κ2) is 4.94. The van der Waals surface area contributed by atoms with Crippen LogP contribution < -0.4 is 10.6 Å². The first-order chi connectivity index (χ1) is 7.88. The third kappa shape index (κ3) is 2.10. The summed E-state index contributed by atoms with van der Waals surface area (Å²) >= 11 is 0. The maximum atomic E-state index is 5.74. The molecule has 2 aromatic rings. The molecule has 1 aromatic carbocycles. The van der Waals surface area contributed by atoms with E-state index in [-0.39, 0.29) is 12.4 Å². The molecular weight excluding hydrogens is 238 g/mol. The summed E-state index contributed by atoms with van der Waals surface area (Å²) in [6, 6.07) is 8.94. The molecule has 1 aliphatic heterocycles. The minimum atomic E-state index is 0. The van der Waals surface area contributed by atoms with E-state index >= 15 is 0 Å². The highest BCUT2D eigenvalue weighted by Crippen LogP contribution is 2.27. The van der Waals surface area contributed by atoms with Crippen molar-refractivity contribution >= 4 is 29.5 Å². The first kappa shape index (κ1) is 12.2. The number of rotatable bonds is 2. The van der Waals surface area contributed by atoms with E-state index < -0.39 is 0 Å². The quantitative estimate of drug-likeness (QED) is 0.891. The molecule has 5 heteroatoms. The summed E-state index contributed by atoms with van der Waals surface area (Å²) in [5.74, 6) is 0. The Morgan fingerprint density at radius 1 is 1.41 bits per heavy atom. The zero-order valence-electron chi connectivity index (χ0n) is 9.50. The largest absolute Gasteiger partial charge is 0.423 e. The summed E-state index contributed by atoms with van der Waals surface area (Å²) in [5.41, 5.74) is 7.51. The van der Waals surface area contributed by atoms with E-state index in [1.807, 2.05) is 24.3 Å². The van der Waals surface area contributed by atoms with Crippen molar-refractivity contribution in [3.8, 4) is 0 Å². The van der Waals surface area contributed by atoms with Crippen LogP contribution in [0.3, 0.4) is 0 Å². The monoisotopic (exact) mass is 253 g/mol. The van der Waals surface area contributed by atoms with Gasteiger partial charge >= 0.3 is 0 Å². The fourth-order valence-electron chi connectivity index (χ4n) is 2.32. The van der Waals surface area contributed by atoms with Crippen LogP contribution in [0, 0.1) is 0 Å². The van der Waals surface area contributed by atoms with Gasteiger partial charge in [0.25, 0.3) is 6.01 Å². The highest BCUT2D eigenvalue weighted by Gasteiger charge is 2.26. The molecule has 4 nitrogen and oxygen atoms in total. The Balaban J connectivity index is 0.00000108. The highest BCUT2D eigenvalue weighted by atomic mass is 35.5. The molecule has 2 heterocycles. The van der Waals surface area contributed by atoms with Crippen LogP contribution in [0.4, 0.5) is 6.01 Å². The van der Waals surface area contributed by atoms with Crippen LogP contribution in [0.2, 0.25) is 0 Å². The van der Waals surface area contributed by atoms with Crippen molar-refractivity contribution < 1.29 is 4.42 Å². The lowest BCUT2D eigenvalue weighted by Gasteiger charge is -2.20. The van der Waals surface area contributed by atoms with E-state index in [4.69, 9.17) is 10.2 Å². The number of oxazole rings is 1. The fourth-order valence-corrected chi connectivity index (χ4v) is 2.32. The Hall–Kier alpha value is -1.26. The van der Waals surface area contributed by atoms with E-state index in [2.05, 4.69) is 9.88 Å². The number of hydrogen-bond acceptors (Lipinski definition) is 4. The van der Waals surface area contributed by atoms with Crippen molar-refractivity contribution in [3.05, 3.63) is 24.3 Å². The van der Waals surface area contributed by atoms with Crippen molar-refractivity contribution in [2.24, 2.45) is 5.73 Å². The summed E-state index contributed by atoms with van der Waals surface area (Å²) in [4.78, 5) is 6.68. The molecular formula is C12H16ClN3O. The van der Waals surface area contributed by atoms with Gasteiger partial charge in [-0.15, -0.1) is 12.4 Å². The second-order valence-corrected chi connectivity index (χ2v) is 4.19. The maximum absolute atomic E-state index is 5.74. The number of para-hydroxylation sites is 2. The zero-order chi connectivity index (χ0) is 11.0. The molecule has 1 saturated heterocycles. The van der Waals surface area contributed by atoms with Gasteiger partial charge in [-0.2, -0.15) is 4.98 Å². The summed E-state index contributed by atoms with van der Waals surface area (Å²) < 4.78 is 5.74. The zero-order valence-corrected chi connectivity index (χ0v) is 10.3. The van der Waals surface area contributed by atoms with Gasteiger partial charge in [-0.1, -0.05) is 12.1 Å². The Bertz CT molecular complexity index is 466. The minimum absolute atomic E-state index is 0. The molecule has 1 aliphatic rings. The first-order valence-corrected chi connectivity index (χ1v) is 5.71. The summed E-state index contributed by atoms with van der Waals surface area (Å²) in [6.07, 6.45) is 2.30. The molecule has 92 valence electrons. The van der Waals surface area contributed by atoms with E-state index in [0.717, 1.165) is 24.1 Å². The second-order valence-electron chi connectivity index (χ2n) is 4.19. The van der Waals surface area contributed by atoms with Crippen LogP contribution >= 0.6 is 12.4 Å². The van der Waals surface area contributed by atoms with Crippen molar-refractivity contribution in [1.82, 2.24) is 4.98 Å². The molecule has 0 bridgehead atoms. The maximum Gasteiger partial charge on any atom is 0.298 e. The summed E-state index contributed by atoms with van der Waals surface area (Å²) in [6.45, 7) is 1.66. The predicted molar refractivity (Wildman–Crippen MR) is 70.7 cm³/mol. The van der Waals surface area contributed by atoms with Gasteiger partial charge < -0.3 is 15.1 Å². The Labute approximate surface area is 106 Å². The number of halogens is 1. The van der Waals surface area contributed by atoms with Crippen molar-refractivity contribution in [2.75, 3.05) is 18.0 Å². The van der Waals surface area contributed by atoms with Crippen molar-refractivity contribution in [3.63, 3.8) is 0 Å². The van der Waals surface area contributed by atoms with Crippen LogP contribution in [0.25, 0.3) is 11.1 Å². The smallest absolute Gasteiger partial charge is 0.298 e. The van der Waals surface area contributed by atoms with Gasteiger partial charge in [0.05, 0.1) is 0 Å². The third-order valence-corrected chi connectivity index (χ3v) is 3.18. The number of nitrogens with two attached hydrogens (primary N) is 1. The topological polar surface area (TPSA) is 55.3 Å². The SMILES string of the molecule is Cl.NCC1CCCN1c1nc2ccccc2o1. The molecule has 0 radical (unpaired) electrons. The van der Waals surface area contributed by atoms with E-state index in [0.29, 0.717) is 18.6 Å². The molecule has 0 saturated carbocycles. The van der Waals surface area contributed by atoms with Gasteiger partial charge in [0, 0.05) is 19.1 Å². The van der Waals surface area contributed by atoms with Gasteiger partial charge in [-0.3, -0.25) is 0 Å². The first-order valence-electron chi connectivity index (χ1n) is 5.71. The molecule has 3 rings (SSSR count). The van der Waals surface area contributed by atoms with Gasteiger partial charge in [-0.05, 0) is 25.0 Å². The van der Waals surface area contributed by atoms with E-state index in [1.54, 1.807) is 0 Å². The van der Waals surface area contributed by atoms with Crippen LogP contribution in [0.1, 0.15) is 12.8 Å². The molecule has 1 unspecified atom stereocenters. The number of hydrogen-bond donors (Lipinski definition) is 1. The minimum Gasteiger partial charge on any atom is -0.423 e. The fraction of sp³-hybridized carbons (Fsp3) is 0.417. The van der Waals surface area contributed by atoms with Gasteiger partial charge in [0.15, 0.2) is 5.58 Å². The van der Waals surface area contributed by atoms with Gasteiger partial charge in [0.2, 0.25) is 0 Å². The summed E-state index contributed by atoms with van der Waals surface area (Å²) in [5, 5.41) is 0. The lowest BCUT2D eigenvalue weighted by atomic mass is 10.2. The van der Waals surface area contributed by atoms with Crippen molar-refractivity contribution in [2.45, 2.75) is 18.9 Å². The Morgan fingerprint density at radius 3 is 3.00 bits per heavy atom. The normalized spacial score (nSPS) is 19.6. The van der Waals surface area contributed by atoms with Crippen LogP contribution in [-0.2, 0) is 0 Å². The Kier molecular flexibility index (Phi) is 3.54. The van der Waals surface area contributed by atoms with Crippen LogP contribution in [0.5, 0.6) is 0 Å². The van der Waals surface area contributed by atoms with E-state index in [9.17, 15) is 0 Å². The van der Waals surface area contributed by atoms with Gasteiger partial charge in [-0.25, -0.2) is 0 Å². The Morgan fingerprint density at radius 2 is 2.24 bits per heavy atom. The lowest BCUT2D eigenvalue weighted by molar-refractivity contribution is 0.551. The van der Waals surface area contributed by atoms with Crippen LogP contribution in [0.15, 0.2) is 28.7 Å². The molecule has 0 aliphatic carbocycles. The highest BCUT2D eigenvalue weighted by molar-refractivity contribution is 5.85. The number of aromatic nitrogens is 1. The van der Waals surface area contributed by atoms with E-state index in [1.165, 1.54) is 6.42 Å². The van der Waals surface area contributed by atoms with Gasteiger partial charge in [0.1, 0.15) is 5.52 Å². The molecule has 0 amide bonds. The lowest BCUT2D eigenvalue weighted by Crippen LogP contribution is -2.35. The number of nitrogens with zero attached hydrogens (tertiary/aromatic N) is 2. The average molecular weight is 254 g/mol. The predicted octanol–water partition coefficient (Wildman–Crippen LogP) is 2.18. The van der Waals surface area contributed by atoms with Crippen LogP contribution in [-0.4, -0.2) is 24.1 Å². The summed E-state index contributed by atoms with van der Waals surface area (Å²) in [7, 11) is 0. The van der Waals surface area contributed by atoms with Crippen molar-refractivity contribution in [1.29, 1.82) is 0 Å². The molecule has 1 atom stereocenters. The third-order valence-electron chi connectivity index (χ3n) is 3.18. The average Bonchev–Trinajstić information content (AvgIpc) is 2.94. The molecule has 0 spiro atoms. The molecule has 2 N–H and O–H groups in total. The number of benzene rings is 1. The number of anilines is 1. The molecule has 17 heavy (non-hydrogen) atoms. The molecule has 1 fully saturated rings.